The largest absolute Gasteiger partial charge is 0.399 e. The first-order valence-electron chi connectivity index (χ1n) is 9.34. The Kier molecular flexibility index (Phi) is 6.26. The topological polar surface area (TPSA) is 103 Å². The van der Waals surface area contributed by atoms with Gasteiger partial charge in [0.2, 0.25) is 0 Å². The minimum Gasteiger partial charge on any atom is -0.399 e. The highest BCUT2D eigenvalue weighted by Crippen LogP contribution is 2.49. The van der Waals surface area contributed by atoms with Crippen LogP contribution in [0.25, 0.3) is 0 Å². The van der Waals surface area contributed by atoms with Gasteiger partial charge in [-0.05, 0) is 62.8 Å². The molecule has 2 N–H and O–H groups in total. The Labute approximate surface area is 171 Å². The fraction of sp³-hybridized carbons (Fsp3) is 0.391. The molecule has 29 heavy (non-hydrogen) atoms. The van der Waals surface area contributed by atoms with Gasteiger partial charge in [0, 0.05) is 17.8 Å². The molecule has 6 nitrogen and oxygen atoms in total. The van der Waals surface area contributed by atoms with Crippen LogP contribution < -0.4 is 5.73 Å². The molecule has 4 rings (SSSR count). The van der Waals surface area contributed by atoms with Crippen LogP contribution in [0.15, 0.2) is 48.5 Å². The molecule has 154 valence electrons. The molecule has 2 aliphatic carbocycles. The number of hydrogen-bond donors (Lipinski definition) is 1. The van der Waals surface area contributed by atoms with E-state index >= 15 is 0 Å². The van der Waals surface area contributed by atoms with Crippen LogP contribution in [0.5, 0.6) is 0 Å². The summed E-state index contributed by atoms with van der Waals surface area (Å²) < 4.78 is 0. The van der Waals surface area contributed by atoms with E-state index in [1.807, 2.05) is 24.3 Å². The Balaban J connectivity index is 0.000000202. The number of nitrogens with zero attached hydrogens (tertiary/aromatic N) is 1. The van der Waals surface area contributed by atoms with Crippen molar-refractivity contribution in [3.8, 4) is 0 Å². The Hall–Kier alpha value is -3.02. The molecule has 0 bridgehead atoms. The summed E-state index contributed by atoms with van der Waals surface area (Å²) in [6.45, 7) is 3.25. The number of carbonyl (C=O) groups is 2. The number of nitro benzene ring substituents is 1. The highest BCUT2D eigenvalue weighted by Gasteiger charge is 2.49. The normalized spacial score (nSPS) is 17.0. The summed E-state index contributed by atoms with van der Waals surface area (Å²) in [5.41, 5.74) is 7.93. The summed E-state index contributed by atoms with van der Waals surface area (Å²) in [7, 11) is 0. The van der Waals surface area contributed by atoms with E-state index in [0.29, 0.717) is 0 Å². The second-order valence-corrected chi connectivity index (χ2v) is 7.70. The molecule has 0 saturated heterocycles. The molecule has 0 aromatic heterocycles. The van der Waals surface area contributed by atoms with Gasteiger partial charge < -0.3 is 5.73 Å². The minimum atomic E-state index is -0.433. The molecular formula is C23H28N2O4. The van der Waals surface area contributed by atoms with Crippen LogP contribution in [0, 0.1) is 10.1 Å². The number of nitro groups is 1. The summed E-state index contributed by atoms with van der Waals surface area (Å²) >= 11 is 0. The predicted molar refractivity (Wildman–Crippen MR) is 114 cm³/mol. The van der Waals surface area contributed by atoms with E-state index in [4.69, 9.17) is 5.73 Å². The Morgan fingerprint density at radius 1 is 0.828 bits per heavy atom. The van der Waals surface area contributed by atoms with Crippen LogP contribution in [-0.2, 0) is 20.4 Å². The predicted octanol–water partition coefficient (Wildman–Crippen LogP) is 4.74. The highest BCUT2D eigenvalue weighted by atomic mass is 16.6. The van der Waals surface area contributed by atoms with E-state index in [2.05, 4.69) is 0 Å². The van der Waals surface area contributed by atoms with Gasteiger partial charge in [-0.2, -0.15) is 0 Å². The number of ketones is 2. The van der Waals surface area contributed by atoms with E-state index in [9.17, 15) is 19.7 Å². The first-order chi connectivity index (χ1) is 13.2. The lowest BCUT2D eigenvalue weighted by Crippen LogP contribution is -2.16. The van der Waals surface area contributed by atoms with Crippen molar-refractivity contribution < 1.29 is 14.5 Å². The zero-order valence-corrected chi connectivity index (χ0v) is 16.1. The van der Waals surface area contributed by atoms with Crippen LogP contribution in [0.2, 0.25) is 0 Å². The molecule has 2 aliphatic rings. The van der Waals surface area contributed by atoms with Crippen molar-refractivity contribution in [3.63, 3.8) is 0 Å². The highest BCUT2D eigenvalue weighted by molar-refractivity contribution is 5.91. The van der Waals surface area contributed by atoms with Crippen molar-refractivity contribution in [2.24, 2.45) is 0 Å². The summed E-state index contributed by atoms with van der Waals surface area (Å²) in [5, 5.41) is 10.5. The molecule has 2 fully saturated rings. The van der Waals surface area contributed by atoms with Gasteiger partial charge >= 0.3 is 0 Å². The number of Topliss-reactive ketones (excluding diaryl/α,β-unsaturated/α-hetero) is 2. The maximum absolute atomic E-state index is 11.4. The first-order valence-corrected chi connectivity index (χ1v) is 9.34. The Bertz CT molecular complexity index is 909. The van der Waals surface area contributed by atoms with Crippen LogP contribution in [0.4, 0.5) is 11.4 Å². The first kappa shape index (κ1) is 22.3. The molecule has 2 aromatic rings. The maximum atomic E-state index is 11.4. The average Bonchev–Trinajstić information content (AvgIpc) is 3.56. The van der Waals surface area contributed by atoms with Crippen LogP contribution >= 0.6 is 0 Å². The molecule has 0 amide bonds. The smallest absolute Gasteiger partial charge is 0.269 e. The third-order valence-electron chi connectivity index (χ3n) is 5.94. The SMILES string of the molecule is C.CC(=O)C1(c2ccc(N)cc2)CC1.CC(=O)C1(c2ccc([N+](=O)[O-])cc2)CC1. The van der Waals surface area contributed by atoms with Crippen molar-refractivity contribution in [2.45, 2.75) is 57.8 Å². The second-order valence-electron chi connectivity index (χ2n) is 7.70. The van der Waals surface area contributed by atoms with Gasteiger partial charge in [0.25, 0.3) is 5.69 Å². The fourth-order valence-corrected chi connectivity index (χ4v) is 3.64. The van der Waals surface area contributed by atoms with Crippen LogP contribution in [0.3, 0.4) is 0 Å². The molecule has 0 unspecified atom stereocenters. The summed E-state index contributed by atoms with van der Waals surface area (Å²) in [4.78, 5) is 32.8. The quantitative estimate of drug-likeness (QED) is 0.446. The van der Waals surface area contributed by atoms with Crippen LogP contribution in [0.1, 0.15) is 58.1 Å². The van der Waals surface area contributed by atoms with Gasteiger partial charge in [0.15, 0.2) is 0 Å². The number of nitrogens with two attached hydrogens (primary N) is 1. The van der Waals surface area contributed by atoms with E-state index in [1.165, 1.54) is 12.1 Å². The van der Waals surface area contributed by atoms with E-state index in [-0.39, 0.29) is 35.5 Å². The van der Waals surface area contributed by atoms with Gasteiger partial charge in [-0.1, -0.05) is 31.7 Å². The number of non-ortho nitro benzene ring substituents is 1. The molecule has 2 saturated carbocycles. The van der Waals surface area contributed by atoms with Gasteiger partial charge in [-0.15, -0.1) is 0 Å². The summed E-state index contributed by atoms with van der Waals surface area (Å²) in [6, 6.07) is 13.9. The zero-order chi connectivity index (χ0) is 20.5. The Morgan fingerprint density at radius 3 is 1.45 bits per heavy atom. The van der Waals surface area contributed by atoms with Gasteiger partial charge in [-0.25, -0.2) is 0 Å². The third-order valence-corrected chi connectivity index (χ3v) is 5.94. The Morgan fingerprint density at radius 2 is 1.17 bits per heavy atom. The number of hydrogen-bond acceptors (Lipinski definition) is 5. The molecule has 0 aliphatic heterocycles. The van der Waals surface area contributed by atoms with Crippen LogP contribution in [-0.4, -0.2) is 16.5 Å². The zero-order valence-electron chi connectivity index (χ0n) is 16.1. The van der Waals surface area contributed by atoms with Crippen molar-refractivity contribution in [3.05, 3.63) is 69.8 Å². The van der Waals surface area contributed by atoms with E-state index in [1.54, 1.807) is 26.0 Å². The molecule has 2 aromatic carbocycles. The lowest BCUT2D eigenvalue weighted by Gasteiger charge is -2.11. The molecule has 0 heterocycles. The van der Waals surface area contributed by atoms with Gasteiger partial charge in [-0.3, -0.25) is 19.7 Å². The maximum Gasteiger partial charge on any atom is 0.269 e. The summed E-state index contributed by atoms with van der Waals surface area (Å²) in [5.74, 6) is 0.425. The summed E-state index contributed by atoms with van der Waals surface area (Å²) in [6.07, 6.45) is 3.71. The number of anilines is 1. The van der Waals surface area contributed by atoms with E-state index in [0.717, 1.165) is 42.5 Å². The fourth-order valence-electron chi connectivity index (χ4n) is 3.64. The lowest BCUT2D eigenvalue weighted by atomic mass is 9.92. The number of rotatable bonds is 5. The number of nitrogen functional groups attached to an aromatic ring is 1. The molecule has 0 radical (unpaired) electrons. The number of carbonyl (C=O) groups excluding carboxylic acids is 2. The van der Waals surface area contributed by atoms with Crippen molar-refractivity contribution in [1.82, 2.24) is 0 Å². The van der Waals surface area contributed by atoms with E-state index < -0.39 is 4.92 Å². The third kappa shape index (κ3) is 4.36. The monoisotopic (exact) mass is 396 g/mol. The molecule has 6 heteroatoms. The average molecular weight is 396 g/mol. The minimum absolute atomic E-state index is 0. The van der Waals surface area contributed by atoms with Gasteiger partial charge in [0.05, 0.1) is 15.8 Å². The van der Waals surface area contributed by atoms with Crippen molar-refractivity contribution in [1.29, 1.82) is 0 Å². The molecular weight excluding hydrogens is 368 g/mol. The standard InChI is InChI=1S/C11H11NO3.C11H13NO.CH4/c1-8(13)11(6-7-11)9-2-4-10(5-3-9)12(14)15;1-8(13)11(6-7-11)9-2-4-10(12)5-3-9;/h2-5H,6-7H2,1H3;2-5H,6-7,12H2,1H3;1H4. The van der Waals surface area contributed by atoms with Crippen molar-refractivity contribution in [2.75, 3.05) is 5.73 Å². The molecule has 0 spiro atoms. The lowest BCUT2D eigenvalue weighted by molar-refractivity contribution is -0.384. The van der Waals surface area contributed by atoms with Crippen molar-refractivity contribution >= 4 is 22.9 Å². The second kappa shape index (κ2) is 8.15. The number of benzene rings is 2. The molecule has 0 atom stereocenters. The van der Waals surface area contributed by atoms with Gasteiger partial charge in [0.1, 0.15) is 11.6 Å².